The molecule has 0 bridgehead atoms. The van der Waals surface area contributed by atoms with Crippen LogP contribution >= 0.6 is 0 Å². The van der Waals surface area contributed by atoms with Crippen molar-refractivity contribution in [3.63, 3.8) is 0 Å². The molecule has 0 radical (unpaired) electrons. The number of carbonyl (C=O) groups is 1. The second kappa shape index (κ2) is 8.90. The molecule has 1 heteroatoms. The van der Waals surface area contributed by atoms with E-state index >= 15 is 0 Å². The summed E-state index contributed by atoms with van der Waals surface area (Å²) in [6.45, 7) is 6.55. The topological polar surface area (TPSA) is 17.1 Å². The van der Waals surface area contributed by atoms with Crippen LogP contribution in [0.5, 0.6) is 0 Å². The summed E-state index contributed by atoms with van der Waals surface area (Å²) in [5.74, 6) is 0.314. The van der Waals surface area contributed by atoms with E-state index in [-0.39, 0.29) is 0 Å². The standard InChI is InChI=1S/C18H28O/c1-4-7-8-9-10-11-18(19)17-13-12-15(5-2)16(6-3)14-17/h12-14H,4-11H2,1-3H3. The lowest BCUT2D eigenvalue weighted by molar-refractivity contribution is 0.0979. The van der Waals surface area contributed by atoms with E-state index in [1.807, 2.05) is 6.07 Å². The van der Waals surface area contributed by atoms with Gasteiger partial charge in [0.15, 0.2) is 5.78 Å². The van der Waals surface area contributed by atoms with Gasteiger partial charge in [0, 0.05) is 12.0 Å². The van der Waals surface area contributed by atoms with Crippen LogP contribution in [0.3, 0.4) is 0 Å². The number of unbranched alkanes of at least 4 members (excludes halogenated alkanes) is 4. The highest BCUT2D eigenvalue weighted by Crippen LogP contribution is 2.16. The molecule has 0 aromatic heterocycles. The number of benzene rings is 1. The first-order valence-corrected chi connectivity index (χ1v) is 7.87. The molecule has 0 aliphatic rings. The van der Waals surface area contributed by atoms with Crippen LogP contribution in [-0.2, 0) is 12.8 Å². The number of hydrogen-bond acceptors (Lipinski definition) is 1. The van der Waals surface area contributed by atoms with E-state index in [9.17, 15) is 4.79 Å². The average Bonchev–Trinajstić information content (AvgIpc) is 2.46. The zero-order valence-electron chi connectivity index (χ0n) is 12.8. The van der Waals surface area contributed by atoms with Crippen LogP contribution in [0.2, 0.25) is 0 Å². The molecule has 1 aromatic carbocycles. The maximum absolute atomic E-state index is 12.1. The Labute approximate surface area is 118 Å². The summed E-state index contributed by atoms with van der Waals surface area (Å²) in [6.07, 6.45) is 8.81. The number of Topliss-reactive ketones (excluding diaryl/α,β-unsaturated/α-hetero) is 1. The minimum atomic E-state index is 0.314. The molecule has 0 unspecified atom stereocenters. The first-order chi connectivity index (χ1) is 9.22. The van der Waals surface area contributed by atoms with Crippen molar-refractivity contribution in [1.29, 1.82) is 0 Å². The molecule has 0 N–H and O–H groups in total. The number of aryl methyl sites for hydroxylation is 2. The van der Waals surface area contributed by atoms with Crippen molar-refractivity contribution in [2.75, 3.05) is 0 Å². The van der Waals surface area contributed by atoms with Crippen molar-refractivity contribution in [2.24, 2.45) is 0 Å². The summed E-state index contributed by atoms with van der Waals surface area (Å²) in [7, 11) is 0. The van der Waals surface area contributed by atoms with Crippen LogP contribution in [0.1, 0.15) is 80.8 Å². The predicted molar refractivity (Wildman–Crippen MR) is 82.9 cm³/mol. The molecule has 0 heterocycles. The lowest BCUT2D eigenvalue weighted by atomic mass is 9.96. The van der Waals surface area contributed by atoms with Gasteiger partial charge in [-0.1, -0.05) is 58.6 Å². The van der Waals surface area contributed by atoms with Crippen molar-refractivity contribution in [1.82, 2.24) is 0 Å². The fraction of sp³-hybridized carbons (Fsp3) is 0.611. The molecular formula is C18H28O. The highest BCUT2D eigenvalue weighted by atomic mass is 16.1. The SMILES string of the molecule is CCCCCCCC(=O)c1ccc(CC)c(CC)c1. The number of carbonyl (C=O) groups excluding carboxylic acids is 1. The quantitative estimate of drug-likeness (QED) is 0.432. The Morgan fingerprint density at radius 3 is 2.21 bits per heavy atom. The van der Waals surface area contributed by atoms with Gasteiger partial charge in [0.1, 0.15) is 0 Å². The molecule has 1 nitrogen and oxygen atoms in total. The van der Waals surface area contributed by atoms with Crippen molar-refractivity contribution in [3.8, 4) is 0 Å². The van der Waals surface area contributed by atoms with Crippen LogP contribution in [0, 0.1) is 0 Å². The van der Waals surface area contributed by atoms with Crippen molar-refractivity contribution >= 4 is 5.78 Å². The van der Waals surface area contributed by atoms with Gasteiger partial charge < -0.3 is 0 Å². The summed E-state index contributed by atoms with van der Waals surface area (Å²) >= 11 is 0. The Bertz CT molecular complexity index is 393. The van der Waals surface area contributed by atoms with Crippen LogP contribution in [0.4, 0.5) is 0 Å². The van der Waals surface area contributed by atoms with Crippen LogP contribution < -0.4 is 0 Å². The molecule has 0 spiro atoms. The van der Waals surface area contributed by atoms with Crippen molar-refractivity contribution in [2.45, 2.75) is 72.1 Å². The fourth-order valence-corrected chi connectivity index (χ4v) is 2.51. The number of rotatable bonds is 9. The van der Waals surface area contributed by atoms with Crippen molar-refractivity contribution < 1.29 is 4.79 Å². The molecule has 106 valence electrons. The zero-order chi connectivity index (χ0) is 14.1. The molecule has 0 saturated carbocycles. The van der Waals surface area contributed by atoms with Gasteiger partial charge >= 0.3 is 0 Å². The van der Waals surface area contributed by atoms with E-state index in [1.165, 1.54) is 36.8 Å². The molecule has 1 aromatic rings. The van der Waals surface area contributed by atoms with Gasteiger partial charge in [0.05, 0.1) is 0 Å². The maximum Gasteiger partial charge on any atom is 0.162 e. The highest BCUT2D eigenvalue weighted by Gasteiger charge is 2.08. The molecule has 0 saturated heterocycles. The highest BCUT2D eigenvalue weighted by molar-refractivity contribution is 5.96. The minimum absolute atomic E-state index is 0.314. The van der Waals surface area contributed by atoms with Gasteiger partial charge in [-0.25, -0.2) is 0 Å². The summed E-state index contributed by atoms with van der Waals surface area (Å²) in [5.41, 5.74) is 3.62. The Balaban J connectivity index is 2.52. The summed E-state index contributed by atoms with van der Waals surface area (Å²) in [6, 6.07) is 6.24. The molecule has 1 rings (SSSR count). The zero-order valence-corrected chi connectivity index (χ0v) is 12.8. The van der Waals surface area contributed by atoms with Gasteiger partial charge in [-0.2, -0.15) is 0 Å². The lowest BCUT2D eigenvalue weighted by Gasteiger charge is -2.08. The van der Waals surface area contributed by atoms with Crippen molar-refractivity contribution in [3.05, 3.63) is 34.9 Å². The molecule has 0 aliphatic carbocycles. The molecule has 19 heavy (non-hydrogen) atoms. The lowest BCUT2D eigenvalue weighted by Crippen LogP contribution is -2.02. The average molecular weight is 260 g/mol. The third kappa shape index (κ3) is 5.18. The van der Waals surface area contributed by atoms with E-state index in [2.05, 4.69) is 32.9 Å². The van der Waals surface area contributed by atoms with E-state index in [0.717, 1.165) is 24.8 Å². The Morgan fingerprint density at radius 1 is 0.895 bits per heavy atom. The van der Waals surface area contributed by atoms with E-state index in [1.54, 1.807) is 0 Å². The first kappa shape index (κ1) is 15.9. The monoisotopic (exact) mass is 260 g/mol. The van der Waals surface area contributed by atoms with E-state index in [0.29, 0.717) is 12.2 Å². The molecule has 0 amide bonds. The summed E-state index contributed by atoms with van der Waals surface area (Å²) < 4.78 is 0. The van der Waals surface area contributed by atoms with Crippen LogP contribution in [-0.4, -0.2) is 5.78 Å². The maximum atomic E-state index is 12.1. The van der Waals surface area contributed by atoms with Gasteiger partial charge in [-0.3, -0.25) is 4.79 Å². The Kier molecular flexibility index (Phi) is 7.47. The van der Waals surface area contributed by atoms with Gasteiger partial charge in [0.25, 0.3) is 0 Å². The largest absolute Gasteiger partial charge is 0.294 e. The van der Waals surface area contributed by atoms with E-state index in [4.69, 9.17) is 0 Å². The summed E-state index contributed by atoms with van der Waals surface area (Å²) in [5, 5.41) is 0. The van der Waals surface area contributed by atoms with Gasteiger partial charge in [-0.05, 0) is 36.5 Å². The normalized spacial score (nSPS) is 10.7. The van der Waals surface area contributed by atoms with E-state index < -0.39 is 0 Å². The molecule has 0 fully saturated rings. The molecular weight excluding hydrogens is 232 g/mol. The van der Waals surface area contributed by atoms with Gasteiger partial charge in [0.2, 0.25) is 0 Å². The molecule has 0 atom stereocenters. The smallest absolute Gasteiger partial charge is 0.162 e. The minimum Gasteiger partial charge on any atom is -0.294 e. The molecule has 0 aliphatic heterocycles. The fourth-order valence-electron chi connectivity index (χ4n) is 2.51. The second-order valence-corrected chi connectivity index (χ2v) is 5.28. The predicted octanol–water partition coefficient (Wildman–Crippen LogP) is 5.35. The number of hydrogen-bond donors (Lipinski definition) is 0. The van der Waals surface area contributed by atoms with Gasteiger partial charge in [-0.15, -0.1) is 0 Å². The number of ketones is 1. The third-order valence-corrected chi connectivity index (χ3v) is 3.80. The summed E-state index contributed by atoms with van der Waals surface area (Å²) in [4.78, 5) is 12.1. The van der Waals surface area contributed by atoms with Crippen LogP contribution in [0.15, 0.2) is 18.2 Å². The Morgan fingerprint density at radius 2 is 1.58 bits per heavy atom. The Hall–Kier alpha value is -1.11. The second-order valence-electron chi connectivity index (χ2n) is 5.28. The third-order valence-electron chi connectivity index (χ3n) is 3.80. The first-order valence-electron chi connectivity index (χ1n) is 7.87. The van der Waals surface area contributed by atoms with Crippen LogP contribution in [0.25, 0.3) is 0 Å².